The standard InChI is InChI=1S/C13H12N2/c1-3-7-12(8-4-1)11-14-15-13-9-5-2-6-10-13/h1-7,9-11H,8H2. The van der Waals surface area contributed by atoms with Gasteiger partial charge in [0.15, 0.2) is 0 Å². The van der Waals surface area contributed by atoms with Gasteiger partial charge in [0.2, 0.25) is 0 Å². The molecule has 2 nitrogen and oxygen atoms in total. The van der Waals surface area contributed by atoms with Gasteiger partial charge >= 0.3 is 0 Å². The van der Waals surface area contributed by atoms with Crippen molar-refractivity contribution in [3.05, 3.63) is 66.4 Å². The fourth-order valence-corrected chi connectivity index (χ4v) is 1.29. The van der Waals surface area contributed by atoms with Gasteiger partial charge in [-0.2, -0.15) is 10.2 Å². The van der Waals surface area contributed by atoms with Crippen LogP contribution in [0, 0.1) is 0 Å². The van der Waals surface area contributed by atoms with E-state index in [4.69, 9.17) is 0 Å². The van der Waals surface area contributed by atoms with Crippen LogP contribution in [0.4, 0.5) is 5.69 Å². The van der Waals surface area contributed by atoms with Gasteiger partial charge < -0.3 is 0 Å². The second-order valence-corrected chi connectivity index (χ2v) is 3.25. The number of azo groups is 1. The van der Waals surface area contributed by atoms with Crippen molar-refractivity contribution >= 4 is 5.69 Å². The number of hydrogen-bond acceptors (Lipinski definition) is 2. The minimum absolute atomic E-state index is 0.879. The Morgan fingerprint density at radius 2 is 1.93 bits per heavy atom. The lowest BCUT2D eigenvalue weighted by atomic mass is 10.1. The van der Waals surface area contributed by atoms with Crippen molar-refractivity contribution in [2.24, 2.45) is 10.2 Å². The molecule has 0 saturated heterocycles. The molecular formula is C13H12N2. The molecule has 0 aliphatic heterocycles. The summed E-state index contributed by atoms with van der Waals surface area (Å²) < 4.78 is 0. The minimum Gasteiger partial charge on any atom is -0.158 e. The highest BCUT2D eigenvalue weighted by atomic mass is 15.1. The quantitative estimate of drug-likeness (QED) is 0.634. The van der Waals surface area contributed by atoms with E-state index in [1.54, 1.807) is 6.20 Å². The van der Waals surface area contributed by atoms with E-state index >= 15 is 0 Å². The fraction of sp³-hybridized carbons (Fsp3) is 0.0769. The SMILES string of the molecule is C1=CCC(=CN=Nc2ccccc2)C=C1. The Hall–Kier alpha value is -1.96. The van der Waals surface area contributed by atoms with Crippen LogP contribution in [-0.4, -0.2) is 0 Å². The van der Waals surface area contributed by atoms with E-state index in [2.05, 4.69) is 16.3 Å². The molecule has 0 bridgehead atoms. The Kier molecular flexibility index (Phi) is 3.23. The van der Waals surface area contributed by atoms with E-state index in [9.17, 15) is 0 Å². The van der Waals surface area contributed by atoms with Gasteiger partial charge in [-0.05, 0) is 24.1 Å². The van der Waals surface area contributed by atoms with E-state index in [1.807, 2.05) is 48.6 Å². The first-order valence-electron chi connectivity index (χ1n) is 4.93. The summed E-state index contributed by atoms with van der Waals surface area (Å²) in [7, 11) is 0. The number of benzene rings is 1. The topological polar surface area (TPSA) is 24.7 Å². The average molecular weight is 196 g/mol. The van der Waals surface area contributed by atoms with Crippen molar-refractivity contribution in [1.29, 1.82) is 0 Å². The van der Waals surface area contributed by atoms with Gasteiger partial charge in [-0.3, -0.25) is 0 Å². The Labute approximate surface area is 89.4 Å². The summed E-state index contributed by atoms with van der Waals surface area (Å²) >= 11 is 0. The Morgan fingerprint density at radius 1 is 1.07 bits per heavy atom. The third-order valence-corrected chi connectivity index (χ3v) is 2.06. The maximum Gasteiger partial charge on any atom is 0.0856 e. The van der Waals surface area contributed by atoms with Crippen molar-refractivity contribution in [1.82, 2.24) is 0 Å². The second-order valence-electron chi connectivity index (χ2n) is 3.25. The van der Waals surface area contributed by atoms with Gasteiger partial charge in [0.1, 0.15) is 0 Å². The summed E-state index contributed by atoms with van der Waals surface area (Å²) in [6, 6.07) is 9.72. The lowest BCUT2D eigenvalue weighted by Gasteiger charge is -1.97. The molecule has 0 aromatic heterocycles. The van der Waals surface area contributed by atoms with Crippen molar-refractivity contribution < 1.29 is 0 Å². The van der Waals surface area contributed by atoms with Crippen LogP contribution in [0.15, 0.2) is 76.6 Å². The van der Waals surface area contributed by atoms with Gasteiger partial charge in [0.05, 0.1) is 11.9 Å². The van der Waals surface area contributed by atoms with Crippen LogP contribution in [0.2, 0.25) is 0 Å². The summed E-state index contributed by atoms with van der Waals surface area (Å²) in [5.74, 6) is 0. The third-order valence-electron chi connectivity index (χ3n) is 2.06. The molecule has 74 valence electrons. The first kappa shape index (κ1) is 9.59. The lowest BCUT2D eigenvalue weighted by Crippen LogP contribution is -1.78. The largest absolute Gasteiger partial charge is 0.158 e. The van der Waals surface area contributed by atoms with E-state index < -0.39 is 0 Å². The zero-order valence-corrected chi connectivity index (χ0v) is 8.38. The Balaban J connectivity index is 2.01. The van der Waals surface area contributed by atoms with Gasteiger partial charge in [-0.1, -0.05) is 42.5 Å². The number of nitrogens with zero attached hydrogens (tertiary/aromatic N) is 2. The van der Waals surface area contributed by atoms with Crippen molar-refractivity contribution in [3.63, 3.8) is 0 Å². The van der Waals surface area contributed by atoms with Crippen LogP contribution in [0.25, 0.3) is 0 Å². The molecule has 2 heteroatoms. The van der Waals surface area contributed by atoms with E-state index in [-0.39, 0.29) is 0 Å². The summed E-state index contributed by atoms with van der Waals surface area (Å²) in [5, 5.41) is 8.13. The normalized spacial score (nSPS) is 17.7. The molecular weight excluding hydrogens is 184 g/mol. The van der Waals surface area contributed by atoms with Gasteiger partial charge in [0, 0.05) is 0 Å². The maximum atomic E-state index is 4.09. The van der Waals surface area contributed by atoms with E-state index in [0.717, 1.165) is 12.1 Å². The molecule has 1 aliphatic carbocycles. The lowest BCUT2D eigenvalue weighted by molar-refractivity contribution is 1.17. The maximum absolute atomic E-state index is 4.09. The molecule has 1 aliphatic rings. The minimum atomic E-state index is 0.879. The summed E-state index contributed by atoms with van der Waals surface area (Å²) in [6.07, 6.45) is 10.9. The molecule has 0 fully saturated rings. The summed E-state index contributed by atoms with van der Waals surface area (Å²) in [5.41, 5.74) is 2.06. The molecule has 2 rings (SSSR count). The monoisotopic (exact) mass is 196 g/mol. The number of allylic oxidation sites excluding steroid dienone is 5. The van der Waals surface area contributed by atoms with Crippen LogP contribution >= 0.6 is 0 Å². The Bertz CT molecular complexity index is 425. The van der Waals surface area contributed by atoms with Crippen LogP contribution in [0.5, 0.6) is 0 Å². The molecule has 0 heterocycles. The van der Waals surface area contributed by atoms with Crippen molar-refractivity contribution in [2.75, 3.05) is 0 Å². The zero-order valence-electron chi connectivity index (χ0n) is 8.38. The fourth-order valence-electron chi connectivity index (χ4n) is 1.29. The Morgan fingerprint density at radius 3 is 2.67 bits per heavy atom. The molecule has 1 aromatic rings. The molecule has 0 unspecified atom stereocenters. The molecule has 0 saturated carbocycles. The zero-order chi connectivity index (χ0) is 10.3. The highest BCUT2D eigenvalue weighted by Crippen LogP contribution is 2.13. The van der Waals surface area contributed by atoms with Crippen LogP contribution in [0.1, 0.15) is 6.42 Å². The second kappa shape index (κ2) is 5.05. The highest BCUT2D eigenvalue weighted by molar-refractivity contribution is 5.35. The molecule has 0 radical (unpaired) electrons. The van der Waals surface area contributed by atoms with Crippen LogP contribution in [-0.2, 0) is 0 Å². The number of rotatable bonds is 2. The van der Waals surface area contributed by atoms with E-state index in [1.165, 1.54) is 5.57 Å². The summed E-state index contributed by atoms with van der Waals surface area (Å²) in [6.45, 7) is 0. The van der Waals surface area contributed by atoms with Crippen molar-refractivity contribution in [3.8, 4) is 0 Å². The smallest absolute Gasteiger partial charge is 0.0856 e. The van der Waals surface area contributed by atoms with Crippen LogP contribution < -0.4 is 0 Å². The van der Waals surface area contributed by atoms with Gasteiger partial charge in [0.25, 0.3) is 0 Å². The predicted octanol–water partition coefficient (Wildman–Crippen LogP) is 4.17. The van der Waals surface area contributed by atoms with Crippen LogP contribution in [0.3, 0.4) is 0 Å². The first-order chi connectivity index (χ1) is 7.45. The molecule has 15 heavy (non-hydrogen) atoms. The average Bonchev–Trinajstić information content (AvgIpc) is 2.32. The highest BCUT2D eigenvalue weighted by Gasteiger charge is 1.91. The molecule has 0 N–H and O–H groups in total. The molecule has 0 amide bonds. The van der Waals surface area contributed by atoms with Gasteiger partial charge in [-0.25, -0.2) is 0 Å². The predicted molar refractivity (Wildman–Crippen MR) is 61.9 cm³/mol. The molecule has 1 aromatic carbocycles. The summed E-state index contributed by atoms with van der Waals surface area (Å²) in [4.78, 5) is 0. The van der Waals surface area contributed by atoms with Crippen molar-refractivity contribution in [2.45, 2.75) is 6.42 Å². The number of hydrogen-bond donors (Lipinski definition) is 0. The van der Waals surface area contributed by atoms with Gasteiger partial charge in [-0.15, -0.1) is 0 Å². The molecule has 0 spiro atoms. The first-order valence-corrected chi connectivity index (χ1v) is 4.93. The third kappa shape index (κ3) is 3.02. The molecule has 0 atom stereocenters. The van der Waals surface area contributed by atoms with E-state index in [0.29, 0.717) is 0 Å².